The van der Waals surface area contributed by atoms with E-state index in [4.69, 9.17) is 10.2 Å². The number of carboxylic acids is 2. The van der Waals surface area contributed by atoms with Gasteiger partial charge in [0.25, 0.3) is 0 Å². The van der Waals surface area contributed by atoms with E-state index < -0.39 is 11.9 Å². The Bertz CT molecular complexity index is 353. The third kappa shape index (κ3) is 7.12. The van der Waals surface area contributed by atoms with Crippen molar-refractivity contribution in [2.75, 3.05) is 13.1 Å². The van der Waals surface area contributed by atoms with Crippen molar-refractivity contribution in [3.05, 3.63) is 35.9 Å². The summed E-state index contributed by atoms with van der Waals surface area (Å²) in [5.74, 6) is -2.06. The Labute approximate surface area is 121 Å². The number of aliphatic carboxylic acids is 2. The molecule has 0 saturated carbocycles. The van der Waals surface area contributed by atoms with Crippen molar-refractivity contribution in [3.63, 3.8) is 0 Å². The molecule has 0 bridgehead atoms. The third-order valence-corrected chi connectivity index (χ3v) is 1.97. The van der Waals surface area contributed by atoms with Crippen molar-refractivity contribution in [1.82, 2.24) is 4.90 Å². The van der Waals surface area contributed by atoms with Crippen LogP contribution in [0.1, 0.15) is 5.56 Å². The smallest absolute Gasteiger partial charge is 0.317 e. The Morgan fingerprint density at radius 3 is 1.88 bits per heavy atom. The molecule has 0 fully saturated rings. The van der Waals surface area contributed by atoms with E-state index in [0.717, 1.165) is 5.56 Å². The van der Waals surface area contributed by atoms with E-state index in [1.807, 2.05) is 30.3 Å². The first-order valence-corrected chi connectivity index (χ1v) is 4.78. The van der Waals surface area contributed by atoms with Gasteiger partial charge in [0.15, 0.2) is 0 Å². The molecule has 0 atom stereocenters. The topological polar surface area (TPSA) is 77.8 Å². The van der Waals surface area contributed by atoms with Crippen LogP contribution in [0.3, 0.4) is 0 Å². The van der Waals surface area contributed by atoms with Crippen molar-refractivity contribution in [3.8, 4) is 0 Å². The normalized spacial score (nSPS) is 9.71. The van der Waals surface area contributed by atoms with E-state index in [2.05, 4.69) is 0 Å². The minimum Gasteiger partial charge on any atom is -0.480 e. The van der Waals surface area contributed by atoms with Gasteiger partial charge in [0.2, 0.25) is 0 Å². The van der Waals surface area contributed by atoms with E-state index in [9.17, 15) is 9.59 Å². The summed E-state index contributed by atoms with van der Waals surface area (Å²) >= 11 is 0. The van der Waals surface area contributed by atoms with Crippen LogP contribution in [0, 0.1) is 0 Å². The van der Waals surface area contributed by atoms with Crippen LogP contribution in [-0.4, -0.2) is 69.7 Å². The predicted octanol–water partition coefficient (Wildman–Crippen LogP) is 0.277. The fourth-order valence-corrected chi connectivity index (χ4v) is 1.39. The maximum Gasteiger partial charge on any atom is 0.317 e. The van der Waals surface area contributed by atoms with Crippen molar-refractivity contribution < 1.29 is 19.8 Å². The van der Waals surface area contributed by atoms with E-state index in [-0.39, 0.29) is 42.6 Å². The van der Waals surface area contributed by atoms with E-state index in [0.29, 0.717) is 6.54 Å². The number of carboxylic acid groups (broad SMARTS) is 2. The number of benzene rings is 1. The molecule has 1 radical (unpaired) electrons. The Hall–Kier alpha value is -0.880. The Morgan fingerprint density at radius 2 is 1.47 bits per heavy atom. The summed E-state index contributed by atoms with van der Waals surface area (Å²) < 4.78 is 0. The van der Waals surface area contributed by atoms with Crippen LogP contribution in [0.4, 0.5) is 0 Å². The molecule has 0 heterocycles. The zero-order valence-corrected chi connectivity index (χ0v) is 11.7. The van der Waals surface area contributed by atoms with Gasteiger partial charge in [-0.2, -0.15) is 0 Å². The molecule has 1 aromatic carbocycles. The van der Waals surface area contributed by atoms with Gasteiger partial charge in [-0.25, -0.2) is 0 Å². The average Bonchev–Trinajstić information content (AvgIpc) is 2.16. The van der Waals surface area contributed by atoms with Gasteiger partial charge in [0.05, 0.1) is 13.1 Å². The number of hydrogen-bond donors (Lipinski definition) is 2. The molecule has 0 aliphatic carbocycles. The summed E-state index contributed by atoms with van der Waals surface area (Å²) in [5, 5.41) is 17.3. The van der Waals surface area contributed by atoms with Crippen molar-refractivity contribution >= 4 is 41.5 Å². The first kappa shape index (κ1) is 16.1. The molecule has 0 amide bonds. The Morgan fingerprint density at radius 1 is 1.00 bits per heavy atom. The van der Waals surface area contributed by atoms with Crippen LogP contribution in [0.25, 0.3) is 0 Å². The molecule has 0 saturated heterocycles. The summed E-state index contributed by atoms with van der Waals surface area (Å²) in [6.07, 6.45) is 0. The first-order valence-electron chi connectivity index (χ1n) is 4.78. The largest absolute Gasteiger partial charge is 0.480 e. The molecule has 0 aromatic heterocycles. The van der Waals surface area contributed by atoms with Crippen LogP contribution in [0.15, 0.2) is 30.3 Å². The van der Waals surface area contributed by atoms with Gasteiger partial charge >= 0.3 is 11.9 Å². The van der Waals surface area contributed by atoms with Gasteiger partial charge in [0, 0.05) is 36.1 Å². The zero-order chi connectivity index (χ0) is 12.0. The molecule has 1 rings (SSSR count). The molecular weight excluding hydrogens is 233 g/mol. The van der Waals surface area contributed by atoms with E-state index in [1.54, 1.807) is 0 Å². The van der Waals surface area contributed by atoms with Gasteiger partial charge in [-0.15, -0.1) is 0 Å². The molecule has 0 aliphatic heterocycles. The standard InChI is InChI=1S/C11H13NO4.Na/c13-10(14)7-12(8-11(15)16)6-9-4-2-1-3-5-9;/h1-5H,6-8H2,(H,13,14)(H,15,16);. The second kappa shape index (κ2) is 8.25. The number of nitrogens with zero attached hydrogens (tertiary/aromatic N) is 1. The Kier molecular flexibility index (Phi) is 7.82. The van der Waals surface area contributed by atoms with Crippen LogP contribution in [0.2, 0.25) is 0 Å². The minimum atomic E-state index is -1.03. The summed E-state index contributed by atoms with van der Waals surface area (Å²) in [6.45, 7) is -0.234. The number of rotatable bonds is 6. The van der Waals surface area contributed by atoms with Gasteiger partial charge in [-0.05, 0) is 5.56 Å². The van der Waals surface area contributed by atoms with Crippen LogP contribution < -0.4 is 0 Å². The molecule has 0 aliphatic rings. The molecule has 1 aromatic rings. The Balaban J connectivity index is 0.00000256. The first-order chi connectivity index (χ1) is 7.58. The molecule has 0 unspecified atom stereocenters. The molecule has 87 valence electrons. The molecule has 17 heavy (non-hydrogen) atoms. The average molecular weight is 246 g/mol. The number of carbonyl (C=O) groups is 2. The maximum absolute atomic E-state index is 10.5. The molecule has 0 spiro atoms. The van der Waals surface area contributed by atoms with Crippen LogP contribution in [0.5, 0.6) is 0 Å². The van der Waals surface area contributed by atoms with Crippen molar-refractivity contribution in [2.45, 2.75) is 6.54 Å². The van der Waals surface area contributed by atoms with Gasteiger partial charge in [0.1, 0.15) is 0 Å². The minimum absolute atomic E-state index is 0. The summed E-state index contributed by atoms with van der Waals surface area (Å²) in [6, 6.07) is 9.17. The molecule has 5 nitrogen and oxygen atoms in total. The summed E-state index contributed by atoms with van der Waals surface area (Å²) in [5.41, 5.74) is 0.894. The quantitative estimate of drug-likeness (QED) is 0.705. The fourth-order valence-electron chi connectivity index (χ4n) is 1.39. The summed E-state index contributed by atoms with van der Waals surface area (Å²) in [7, 11) is 0. The molecular formula is C11H13NNaO4. The predicted molar refractivity (Wildman–Crippen MR) is 62.7 cm³/mol. The SMILES string of the molecule is O=C(O)CN(CC(=O)O)Cc1ccccc1.[Na]. The summed E-state index contributed by atoms with van der Waals surface area (Å²) in [4.78, 5) is 22.5. The van der Waals surface area contributed by atoms with Gasteiger partial charge in [-0.3, -0.25) is 14.5 Å². The van der Waals surface area contributed by atoms with Crippen molar-refractivity contribution in [1.29, 1.82) is 0 Å². The maximum atomic E-state index is 10.5. The van der Waals surface area contributed by atoms with E-state index in [1.165, 1.54) is 4.90 Å². The monoisotopic (exact) mass is 246 g/mol. The molecule has 2 N–H and O–H groups in total. The zero-order valence-electron chi connectivity index (χ0n) is 9.67. The van der Waals surface area contributed by atoms with Gasteiger partial charge in [-0.1, -0.05) is 30.3 Å². The molecule has 6 heteroatoms. The van der Waals surface area contributed by atoms with Gasteiger partial charge < -0.3 is 10.2 Å². The van der Waals surface area contributed by atoms with Crippen LogP contribution >= 0.6 is 0 Å². The van der Waals surface area contributed by atoms with Crippen LogP contribution in [-0.2, 0) is 16.1 Å². The number of hydrogen-bond acceptors (Lipinski definition) is 3. The van der Waals surface area contributed by atoms with Crippen molar-refractivity contribution in [2.24, 2.45) is 0 Å². The second-order valence-electron chi connectivity index (χ2n) is 3.42. The third-order valence-electron chi connectivity index (χ3n) is 1.97. The van der Waals surface area contributed by atoms with E-state index >= 15 is 0 Å². The fraction of sp³-hybridized carbons (Fsp3) is 0.273. The second-order valence-corrected chi connectivity index (χ2v) is 3.42.